The summed E-state index contributed by atoms with van der Waals surface area (Å²) in [5.41, 5.74) is 0. The summed E-state index contributed by atoms with van der Waals surface area (Å²) < 4.78 is 0.848. The van der Waals surface area contributed by atoms with E-state index in [0.717, 1.165) is 3.92 Å². The van der Waals surface area contributed by atoms with Crippen LogP contribution in [0.1, 0.15) is 39.0 Å². The Morgan fingerprint density at radius 1 is 1.40 bits per heavy atom. The van der Waals surface area contributed by atoms with Crippen LogP contribution >= 0.6 is 22.6 Å². The van der Waals surface area contributed by atoms with Gasteiger partial charge in [-0.2, -0.15) is 0 Å². The van der Waals surface area contributed by atoms with E-state index in [1.807, 2.05) is 6.08 Å². The van der Waals surface area contributed by atoms with E-state index in [0.29, 0.717) is 0 Å². The van der Waals surface area contributed by atoms with Gasteiger partial charge in [0.25, 0.3) is 0 Å². The lowest BCUT2D eigenvalue weighted by atomic mass is 10.1. The van der Waals surface area contributed by atoms with Gasteiger partial charge in [0, 0.05) is 3.92 Å². The smallest absolute Gasteiger partial charge is 0.00813 e. The summed E-state index contributed by atoms with van der Waals surface area (Å²) in [6.07, 6.45) is 8.66. The molecule has 1 atom stereocenters. The molecule has 0 aromatic rings. The number of allylic oxidation sites excluding steroid dienone is 1. The first-order valence-electron chi connectivity index (χ1n) is 4.02. The number of hydrogen-bond acceptors (Lipinski definition) is 0. The summed E-state index contributed by atoms with van der Waals surface area (Å²) in [4.78, 5) is 0. The Kier molecular flexibility index (Phi) is 7.93. The Labute approximate surface area is 78.2 Å². The van der Waals surface area contributed by atoms with E-state index >= 15 is 0 Å². The first-order valence-corrected chi connectivity index (χ1v) is 5.27. The molecular weight excluding hydrogens is 235 g/mol. The van der Waals surface area contributed by atoms with Crippen LogP contribution in [0.2, 0.25) is 0 Å². The average Bonchev–Trinajstić information content (AvgIpc) is 1.87. The van der Waals surface area contributed by atoms with Gasteiger partial charge in [-0.1, -0.05) is 48.4 Å². The van der Waals surface area contributed by atoms with Crippen molar-refractivity contribution in [2.24, 2.45) is 0 Å². The highest BCUT2D eigenvalue weighted by molar-refractivity contribution is 14.1. The van der Waals surface area contributed by atoms with Crippen molar-refractivity contribution in [2.45, 2.75) is 43.0 Å². The molecule has 1 unspecified atom stereocenters. The molecule has 0 saturated carbocycles. The Balaban J connectivity index is 2.83. The van der Waals surface area contributed by atoms with Crippen LogP contribution in [0.25, 0.3) is 0 Å². The van der Waals surface area contributed by atoms with Crippen LogP contribution < -0.4 is 0 Å². The summed E-state index contributed by atoms with van der Waals surface area (Å²) in [6.45, 7) is 5.96. The fourth-order valence-corrected chi connectivity index (χ4v) is 1.33. The second kappa shape index (κ2) is 7.58. The molecule has 0 fully saturated rings. The minimum absolute atomic E-state index is 0.848. The summed E-state index contributed by atoms with van der Waals surface area (Å²) in [6, 6.07) is 0. The molecule has 0 aliphatic heterocycles. The van der Waals surface area contributed by atoms with Crippen molar-refractivity contribution in [3.63, 3.8) is 0 Å². The van der Waals surface area contributed by atoms with Gasteiger partial charge in [-0.15, -0.1) is 6.58 Å². The van der Waals surface area contributed by atoms with Crippen LogP contribution in [-0.2, 0) is 0 Å². The molecule has 0 nitrogen and oxygen atoms in total. The summed E-state index contributed by atoms with van der Waals surface area (Å²) >= 11 is 2.48. The highest BCUT2D eigenvalue weighted by atomic mass is 127. The molecule has 0 aromatic carbocycles. The third kappa shape index (κ3) is 8.47. The van der Waals surface area contributed by atoms with E-state index in [2.05, 4.69) is 36.1 Å². The number of hydrogen-bond donors (Lipinski definition) is 0. The van der Waals surface area contributed by atoms with Gasteiger partial charge in [-0.3, -0.25) is 0 Å². The van der Waals surface area contributed by atoms with Gasteiger partial charge in [0.1, 0.15) is 0 Å². The van der Waals surface area contributed by atoms with Gasteiger partial charge < -0.3 is 0 Å². The van der Waals surface area contributed by atoms with E-state index in [1.54, 1.807) is 0 Å². The lowest BCUT2D eigenvalue weighted by Gasteiger charge is -2.00. The van der Waals surface area contributed by atoms with E-state index in [4.69, 9.17) is 0 Å². The van der Waals surface area contributed by atoms with Crippen LogP contribution in [-0.4, -0.2) is 3.92 Å². The number of halogens is 1. The first-order chi connectivity index (χ1) is 4.77. The molecule has 0 N–H and O–H groups in total. The minimum Gasteiger partial charge on any atom is -0.103 e. The predicted octanol–water partition coefficient (Wildman–Crippen LogP) is 3.95. The minimum atomic E-state index is 0.848. The van der Waals surface area contributed by atoms with Gasteiger partial charge in [-0.25, -0.2) is 0 Å². The lowest BCUT2D eigenvalue weighted by molar-refractivity contribution is 0.652. The van der Waals surface area contributed by atoms with Crippen molar-refractivity contribution >= 4 is 22.6 Å². The second-order valence-electron chi connectivity index (χ2n) is 2.71. The Morgan fingerprint density at radius 3 is 2.60 bits per heavy atom. The van der Waals surface area contributed by atoms with Crippen LogP contribution in [0.4, 0.5) is 0 Å². The summed E-state index contributed by atoms with van der Waals surface area (Å²) in [5, 5.41) is 0. The summed E-state index contributed by atoms with van der Waals surface area (Å²) in [7, 11) is 0. The van der Waals surface area contributed by atoms with Gasteiger partial charge in [0.05, 0.1) is 0 Å². The molecule has 0 rings (SSSR count). The van der Waals surface area contributed by atoms with Crippen LogP contribution in [0, 0.1) is 0 Å². The summed E-state index contributed by atoms with van der Waals surface area (Å²) in [5.74, 6) is 0. The molecule has 0 bridgehead atoms. The molecule has 0 heterocycles. The van der Waals surface area contributed by atoms with Gasteiger partial charge >= 0.3 is 0 Å². The van der Waals surface area contributed by atoms with E-state index in [-0.39, 0.29) is 0 Å². The van der Waals surface area contributed by atoms with Gasteiger partial charge in [0.2, 0.25) is 0 Å². The fraction of sp³-hybridized carbons (Fsp3) is 0.778. The van der Waals surface area contributed by atoms with Crippen LogP contribution in [0.3, 0.4) is 0 Å². The maximum Gasteiger partial charge on any atom is 0.00813 e. The maximum absolute atomic E-state index is 3.69. The third-order valence-electron chi connectivity index (χ3n) is 1.51. The number of unbranched alkanes of at least 4 members (excludes halogenated alkanes) is 3. The van der Waals surface area contributed by atoms with Gasteiger partial charge in [-0.05, 0) is 19.3 Å². The zero-order chi connectivity index (χ0) is 7.82. The zero-order valence-corrected chi connectivity index (χ0v) is 8.93. The second-order valence-corrected chi connectivity index (χ2v) is 4.83. The number of rotatable bonds is 6. The lowest BCUT2D eigenvalue weighted by Crippen LogP contribution is -1.88. The molecule has 1 heteroatoms. The van der Waals surface area contributed by atoms with E-state index < -0.39 is 0 Å². The van der Waals surface area contributed by atoms with Crippen molar-refractivity contribution in [3.05, 3.63) is 12.7 Å². The molecule has 0 amide bonds. The fourth-order valence-electron chi connectivity index (χ4n) is 0.891. The standard InChI is InChI=1S/C9H17I/c1-3-4-5-6-7-8-9(2)10/h3,9H,1,4-8H2,2H3. The molecule has 0 aromatic heterocycles. The Bertz CT molecular complexity index is 76.8. The van der Waals surface area contributed by atoms with Crippen molar-refractivity contribution < 1.29 is 0 Å². The zero-order valence-electron chi connectivity index (χ0n) is 6.78. The van der Waals surface area contributed by atoms with Crippen molar-refractivity contribution in [3.8, 4) is 0 Å². The molecule has 0 radical (unpaired) electrons. The van der Waals surface area contributed by atoms with Crippen molar-refractivity contribution in [1.82, 2.24) is 0 Å². The predicted molar refractivity (Wildman–Crippen MR) is 56.8 cm³/mol. The van der Waals surface area contributed by atoms with Crippen LogP contribution in [0.5, 0.6) is 0 Å². The third-order valence-corrected chi connectivity index (χ3v) is 2.13. The van der Waals surface area contributed by atoms with Crippen LogP contribution in [0.15, 0.2) is 12.7 Å². The Morgan fingerprint density at radius 2 is 2.10 bits per heavy atom. The molecule has 60 valence electrons. The average molecular weight is 252 g/mol. The quantitative estimate of drug-likeness (QED) is 0.290. The van der Waals surface area contributed by atoms with Crippen molar-refractivity contribution in [2.75, 3.05) is 0 Å². The molecule has 0 spiro atoms. The normalized spacial score (nSPS) is 13.0. The SMILES string of the molecule is C=CCCCCCC(C)I. The Hall–Kier alpha value is 0.470. The van der Waals surface area contributed by atoms with E-state index in [1.165, 1.54) is 32.1 Å². The highest BCUT2D eigenvalue weighted by Crippen LogP contribution is 2.11. The topological polar surface area (TPSA) is 0 Å². The molecular formula is C9H17I. The largest absolute Gasteiger partial charge is 0.103 e. The highest BCUT2D eigenvalue weighted by Gasteiger charge is 1.93. The number of alkyl halides is 1. The van der Waals surface area contributed by atoms with E-state index in [9.17, 15) is 0 Å². The molecule has 0 saturated heterocycles. The molecule has 0 aliphatic rings. The maximum atomic E-state index is 3.69. The monoisotopic (exact) mass is 252 g/mol. The van der Waals surface area contributed by atoms with Crippen molar-refractivity contribution in [1.29, 1.82) is 0 Å². The molecule has 10 heavy (non-hydrogen) atoms. The van der Waals surface area contributed by atoms with Gasteiger partial charge in [0.15, 0.2) is 0 Å². The molecule has 0 aliphatic carbocycles. The first kappa shape index (κ1) is 10.5.